The topological polar surface area (TPSA) is 119 Å². The Balaban J connectivity index is 1.23. The van der Waals surface area contributed by atoms with Crippen LogP contribution in [0.25, 0.3) is 16.6 Å². The number of hydrogen-bond donors (Lipinski definition) is 3. The van der Waals surface area contributed by atoms with Crippen LogP contribution < -0.4 is 25.4 Å². The van der Waals surface area contributed by atoms with Crippen LogP contribution in [0, 0.1) is 0 Å². The molecule has 0 saturated carbocycles. The van der Waals surface area contributed by atoms with Gasteiger partial charge in [-0.2, -0.15) is 0 Å². The van der Waals surface area contributed by atoms with Gasteiger partial charge in [-0.15, -0.1) is 34.4 Å². The summed E-state index contributed by atoms with van der Waals surface area (Å²) in [6.07, 6.45) is 1.56. The molecule has 3 amide bonds. The van der Waals surface area contributed by atoms with Gasteiger partial charge < -0.3 is 25.4 Å². The fraction of sp³-hybridized carbons (Fsp3) is 0.0769. The summed E-state index contributed by atoms with van der Waals surface area (Å²) in [4.78, 5) is 47.1. The first-order valence-electron chi connectivity index (χ1n) is 15.6. The quantitative estimate of drug-likeness (QED) is 0.0803. The number of rotatable bonds is 13. The number of amides is 3. The zero-order chi connectivity index (χ0) is 35.6. The molecule has 0 bridgehead atoms. The molecule has 0 fully saturated rings. The van der Waals surface area contributed by atoms with Crippen LogP contribution in [-0.4, -0.2) is 36.9 Å². The molecule has 0 spiro atoms. The highest BCUT2D eigenvalue weighted by Crippen LogP contribution is 2.38. The minimum Gasteiger partial charge on any atom is -0.493 e. The van der Waals surface area contributed by atoms with Crippen molar-refractivity contribution in [2.75, 3.05) is 24.9 Å². The van der Waals surface area contributed by atoms with Crippen molar-refractivity contribution < 1.29 is 23.9 Å². The van der Waals surface area contributed by atoms with E-state index in [1.807, 2.05) is 65.4 Å². The molecule has 0 aliphatic carbocycles. The third-order valence-corrected chi connectivity index (χ3v) is 10.3. The van der Waals surface area contributed by atoms with Gasteiger partial charge in [-0.05, 0) is 71.1 Å². The molecule has 256 valence electrons. The second-order valence-electron chi connectivity index (χ2n) is 10.9. The Morgan fingerprint density at radius 3 is 2.27 bits per heavy atom. The Bertz CT molecular complexity index is 2150. The second kappa shape index (κ2) is 16.8. The maximum absolute atomic E-state index is 13.8. The van der Waals surface area contributed by atoms with E-state index in [0.717, 1.165) is 21.0 Å². The summed E-state index contributed by atoms with van der Waals surface area (Å²) in [5, 5.41) is 12.5. The number of aromatic nitrogens is 1. The second-order valence-corrected chi connectivity index (χ2v) is 13.9. The number of ether oxygens (including phenoxy) is 2. The molecule has 9 nitrogen and oxygen atoms in total. The summed E-state index contributed by atoms with van der Waals surface area (Å²) in [7, 11) is 3.06. The molecule has 2 heterocycles. The first-order chi connectivity index (χ1) is 24.9. The van der Waals surface area contributed by atoms with Gasteiger partial charge in [0.25, 0.3) is 11.8 Å². The number of thiazole rings is 1. The van der Waals surface area contributed by atoms with Gasteiger partial charge in [0.1, 0.15) is 10.9 Å². The molecule has 3 N–H and O–H groups in total. The fourth-order valence-electron chi connectivity index (χ4n) is 4.97. The third-order valence-electron chi connectivity index (χ3n) is 7.44. The van der Waals surface area contributed by atoms with Crippen LogP contribution in [0.15, 0.2) is 137 Å². The summed E-state index contributed by atoms with van der Waals surface area (Å²) in [5.74, 6) is -0.211. The molecule has 1 atom stereocenters. The normalized spacial score (nSPS) is 11.7. The lowest BCUT2D eigenvalue weighted by Gasteiger charge is -2.17. The summed E-state index contributed by atoms with van der Waals surface area (Å²) < 4.78 is 10.8. The number of benzene rings is 4. The van der Waals surface area contributed by atoms with Crippen molar-refractivity contribution in [3.8, 4) is 22.1 Å². The standard InChI is InChI=1S/C39H32N4O5S3/c1-47-32-19-18-25(22-33(32)48-2)21-30(41-36(44)27-13-7-4-8-14-27)37(45)40-28-15-9-16-29(23-28)51-35(26-11-5-3-6-12-26)38(46)43-39-42-31(24-50-39)34-17-10-20-49-34/h3-24,35H,1-2H3,(H,40,45)(H,41,44)(H,42,43,46)/b30-21+. The van der Waals surface area contributed by atoms with Crippen molar-refractivity contribution in [1.29, 1.82) is 0 Å². The zero-order valence-corrected chi connectivity index (χ0v) is 29.9. The van der Waals surface area contributed by atoms with E-state index in [1.54, 1.807) is 78.1 Å². The summed E-state index contributed by atoms with van der Waals surface area (Å²) in [6, 6.07) is 34.5. The number of carbonyl (C=O) groups is 3. The van der Waals surface area contributed by atoms with Gasteiger partial charge >= 0.3 is 0 Å². The molecule has 51 heavy (non-hydrogen) atoms. The van der Waals surface area contributed by atoms with E-state index < -0.39 is 17.1 Å². The highest BCUT2D eigenvalue weighted by molar-refractivity contribution is 8.00. The third kappa shape index (κ3) is 9.11. The molecule has 0 aliphatic heterocycles. The highest BCUT2D eigenvalue weighted by atomic mass is 32.2. The van der Waals surface area contributed by atoms with Crippen molar-refractivity contribution >= 4 is 69.1 Å². The van der Waals surface area contributed by atoms with Crippen LogP contribution in [0.5, 0.6) is 11.5 Å². The van der Waals surface area contributed by atoms with Gasteiger partial charge in [0.05, 0.1) is 24.8 Å². The van der Waals surface area contributed by atoms with E-state index >= 15 is 0 Å². The maximum atomic E-state index is 13.8. The Hall–Kier alpha value is -5.69. The van der Waals surface area contributed by atoms with Gasteiger partial charge in [0.15, 0.2) is 16.6 Å². The van der Waals surface area contributed by atoms with Crippen LogP contribution in [0.4, 0.5) is 10.8 Å². The number of hydrogen-bond acceptors (Lipinski definition) is 9. The molecule has 0 saturated heterocycles. The summed E-state index contributed by atoms with van der Waals surface area (Å²) in [6.45, 7) is 0. The molecule has 2 aromatic heterocycles. The minimum atomic E-state index is -0.614. The summed E-state index contributed by atoms with van der Waals surface area (Å²) in [5.41, 5.74) is 3.12. The number of anilines is 2. The lowest BCUT2D eigenvalue weighted by Crippen LogP contribution is -2.30. The predicted molar refractivity (Wildman–Crippen MR) is 206 cm³/mol. The molecule has 1 unspecified atom stereocenters. The largest absolute Gasteiger partial charge is 0.493 e. The Kier molecular flexibility index (Phi) is 11.6. The van der Waals surface area contributed by atoms with Crippen LogP contribution in [0.3, 0.4) is 0 Å². The Labute approximate surface area is 307 Å². The van der Waals surface area contributed by atoms with Crippen molar-refractivity contribution in [2.45, 2.75) is 10.1 Å². The number of thioether (sulfide) groups is 1. The molecular formula is C39H32N4O5S3. The van der Waals surface area contributed by atoms with E-state index in [2.05, 4.69) is 20.9 Å². The van der Waals surface area contributed by atoms with Crippen molar-refractivity contribution in [3.05, 3.63) is 148 Å². The van der Waals surface area contributed by atoms with Gasteiger partial charge in [0, 0.05) is 21.5 Å². The number of nitrogens with one attached hydrogen (secondary N) is 3. The first kappa shape index (κ1) is 35.1. The van der Waals surface area contributed by atoms with Gasteiger partial charge in [-0.1, -0.05) is 66.7 Å². The van der Waals surface area contributed by atoms with Crippen LogP contribution >= 0.6 is 34.4 Å². The number of thiophene rings is 1. The van der Waals surface area contributed by atoms with E-state index in [4.69, 9.17) is 9.47 Å². The van der Waals surface area contributed by atoms with Gasteiger partial charge in [0.2, 0.25) is 5.91 Å². The fourth-order valence-corrected chi connectivity index (χ4v) is 7.53. The lowest BCUT2D eigenvalue weighted by molar-refractivity contribution is -0.116. The maximum Gasteiger partial charge on any atom is 0.272 e. The molecule has 0 aliphatic rings. The molecule has 4 aromatic carbocycles. The molecule has 0 radical (unpaired) electrons. The smallest absolute Gasteiger partial charge is 0.272 e. The molecule has 6 aromatic rings. The van der Waals surface area contributed by atoms with E-state index in [1.165, 1.54) is 37.3 Å². The molecule has 12 heteroatoms. The van der Waals surface area contributed by atoms with Gasteiger partial charge in [-0.3, -0.25) is 14.4 Å². The van der Waals surface area contributed by atoms with Crippen LogP contribution in [-0.2, 0) is 9.59 Å². The van der Waals surface area contributed by atoms with E-state index in [9.17, 15) is 14.4 Å². The van der Waals surface area contributed by atoms with Crippen LogP contribution in [0.2, 0.25) is 0 Å². The Morgan fingerprint density at radius 2 is 1.55 bits per heavy atom. The lowest BCUT2D eigenvalue weighted by atomic mass is 10.1. The molecular weight excluding hydrogens is 701 g/mol. The summed E-state index contributed by atoms with van der Waals surface area (Å²) >= 11 is 4.31. The van der Waals surface area contributed by atoms with Crippen molar-refractivity contribution in [3.63, 3.8) is 0 Å². The highest BCUT2D eigenvalue weighted by Gasteiger charge is 2.24. The van der Waals surface area contributed by atoms with Crippen molar-refractivity contribution in [2.24, 2.45) is 0 Å². The van der Waals surface area contributed by atoms with Gasteiger partial charge in [-0.25, -0.2) is 4.98 Å². The average Bonchev–Trinajstić information content (AvgIpc) is 3.87. The van der Waals surface area contributed by atoms with E-state index in [0.29, 0.717) is 33.4 Å². The number of nitrogens with zero attached hydrogens (tertiary/aromatic N) is 1. The zero-order valence-electron chi connectivity index (χ0n) is 27.5. The van der Waals surface area contributed by atoms with Crippen molar-refractivity contribution in [1.82, 2.24) is 10.3 Å². The van der Waals surface area contributed by atoms with Crippen LogP contribution in [0.1, 0.15) is 26.7 Å². The predicted octanol–water partition coefficient (Wildman–Crippen LogP) is 8.77. The minimum absolute atomic E-state index is 0.0148. The Morgan fingerprint density at radius 1 is 0.784 bits per heavy atom. The molecule has 6 rings (SSSR count). The first-order valence-corrected chi connectivity index (χ1v) is 18.3. The number of methoxy groups -OCH3 is 2. The number of carbonyl (C=O) groups excluding carboxylic acids is 3. The van der Waals surface area contributed by atoms with E-state index in [-0.39, 0.29) is 11.6 Å². The monoisotopic (exact) mass is 732 g/mol. The SMILES string of the molecule is COc1ccc(/C=C(/NC(=O)c2ccccc2)C(=O)Nc2cccc(SC(C(=O)Nc3nc(-c4cccs4)cs3)c3ccccc3)c2)cc1OC. The average molecular weight is 733 g/mol.